The molecule has 2 atom stereocenters. The van der Waals surface area contributed by atoms with E-state index in [2.05, 4.69) is 10.3 Å². The normalized spacial score (nSPS) is 27.9. The highest BCUT2D eigenvalue weighted by atomic mass is 32.2. The molecule has 1 aromatic rings. The van der Waals surface area contributed by atoms with Gasteiger partial charge in [0.1, 0.15) is 5.82 Å². The number of aliphatic hydroxyl groups excluding tert-OH is 1. The Kier molecular flexibility index (Phi) is 4.89. The van der Waals surface area contributed by atoms with Gasteiger partial charge in [-0.15, -0.1) is 0 Å². The maximum atomic E-state index is 12.3. The molecule has 0 unspecified atom stereocenters. The number of hydrogen-bond donors (Lipinski definition) is 2. The zero-order chi connectivity index (χ0) is 17.3. The summed E-state index contributed by atoms with van der Waals surface area (Å²) < 4.78 is 23.3. The number of nitrogens with zero attached hydrogens (tertiary/aromatic N) is 2. The van der Waals surface area contributed by atoms with E-state index in [9.17, 15) is 18.3 Å². The van der Waals surface area contributed by atoms with Crippen molar-refractivity contribution in [1.29, 1.82) is 0 Å². The van der Waals surface area contributed by atoms with Gasteiger partial charge in [0.15, 0.2) is 9.84 Å². The van der Waals surface area contributed by atoms with Crippen LogP contribution in [0.1, 0.15) is 18.4 Å². The fraction of sp³-hybridized carbons (Fsp3) is 0.625. The number of amides is 1. The summed E-state index contributed by atoms with van der Waals surface area (Å²) in [7, 11) is -3.15. The fourth-order valence-electron chi connectivity index (χ4n) is 3.42. The summed E-state index contributed by atoms with van der Waals surface area (Å²) in [4.78, 5) is 18.5. The number of hydrogen-bond acceptors (Lipinski definition) is 6. The van der Waals surface area contributed by atoms with Crippen molar-refractivity contribution in [2.45, 2.75) is 31.9 Å². The molecule has 0 bridgehead atoms. The lowest BCUT2D eigenvalue weighted by Crippen LogP contribution is -2.48. The summed E-state index contributed by atoms with van der Waals surface area (Å²) in [5.41, 5.74) is 1.03. The second-order valence-corrected chi connectivity index (χ2v) is 8.89. The first-order chi connectivity index (χ1) is 11.3. The van der Waals surface area contributed by atoms with Gasteiger partial charge < -0.3 is 10.4 Å². The zero-order valence-electron chi connectivity index (χ0n) is 13.7. The molecule has 7 nitrogen and oxygen atoms in total. The van der Waals surface area contributed by atoms with Crippen LogP contribution in [0.3, 0.4) is 0 Å². The van der Waals surface area contributed by atoms with Crippen molar-refractivity contribution in [2.75, 3.05) is 29.9 Å². The minimum atomic E-state index is -3.15. The van der Waals surface area contributed by atoms with Gasteiger partial charge in [-0.05, 0) is 44.5 Å². The van der Waals surface area contributed by atoms with Crippen molar-refractivity contribution in [1.82, 2.24) is 9.88 Å². The van der Waals surface area contributed by atoms with E-state index in [-0.39, 0.29) is 29.4 Å². The smallest absolute Gasteiger partial charge is 0.228 e. The molecule has 2 saturated heterocycles. The molecule has 1 aromatic heterocycles. The molecule has 1 amide bonds. The highest BCUT2D eigenvalue weighted by molar-refractivity contribution is 7.91. The Hall–Kier alpha value is -1.51. The molecular formula is C16H23N3O4S. The number of piperidine rings is 1. The first-order valence-corrected chi connectivity index (χ1v) is 10.0. The molecule has 3 heterocycles. The van der Waals surface area contributed by atoms with E-state index in [1.807, 2.05) is 17.9 Å². The summed E-state index contributed by atoms with van der Waals surface area (Å²) in [6.45, 7) is 3.18. The molecule has 2 aliphatic rings. The van der Waals surface area contributed by atoms with Crippen molar-refractivity contribution >= 4 is 21.6 Å². The summed E-state index contributed by atoms with van der Waals surface area (Å²) >= 11 is 0. The Bertz CT molecular complexity index is 697. The standard InChI is InChI=1S/C16H23N3O4S/c1-11-2-3-15(17-8-11)18-16(21)12-4-6-19(7-5-12)13-9-24(22,23)10-14(13)20/h2-3,8,12-14,20H,4-7,9-10H2,1H3,(H,17,18,21)/t13-,14+/m1/s1. The Morgan fingerprint density at radius 1 is 1.29 bits per heavy atom. The molecule has 2 aliphatic heterocycles. The van der Waals surface area contributed by atoms with Crippen LogP contribution in [0.2, 0.25) is 0 Å². The molecule has 2 fully saturated rings. The van der Waals surface area contributed by atoms with Crippen LogP contribution in [0.4, 0.5) is 5.82 Å². The molecule has 24 heavy (non-hydrogen) atoms. The van der Waals surface area contributed by atoms with Crippen LogP contribution < -0.4 is 5.32 Å². The number of carbonyl (C=O) groups is 1. The lowest BCUT2D eigenvalue weighted by atomic mass is 9.94. The SMILES string of the molecule is Cc1ccc(NC(=O)C2CCN([C@@H]3CS(=O)(=O)C[C@@H]3O)CC2)nc1. The maximum Gasteiger partial charge on any atom is 0.228 e. The lowest BCUT2D eigenvalue weighted by Gasteiger charge is -2.36. The van der Waals surface area contributed by atoms with E-state index < -0.39 is 15.9 Å². The van der Waals surface area contributed by atoms with Crippen molar-refractivity contribution in [3.05, 3.63) is 23.9 Å². The minimum Gasteiger partial charge on any atom is -0.390 e. The van der Waals surface area contributed by atoms with Crippen LogP contribution >= 0.6 is 0 Å². The molecule has 0 radical (unpaired) electrons. The van der Waals surface area contributed by atoms with Gasteiger partial charge in [0.25, 0.3) is 0 Å². The lowest BCUT2D eigenvalue weighted by molar-refractivity contribution is -0.121. The van der Waals surface area contributed by atoms with Gasteiger partial charge in [-0.1, -0.05) is 6.07 Å². The first-order valence-electron chi connectivity index (χ1n) is 8.20. The van der Waals surface area contributed by atoms with E-state index >= 15 is 0 Å². The molecule has 0 aliphatic carbocycles. The Labute approximate surface area is 142 Å². The van der Waals surface area contributed by atoms with Crippen molar-refractivity contribution < 1.29 is 18.3 Å². The van der Waals surface area contributed by atoms with E-state index in [4.69, 9.17) is 0 Å². The number of aromatic nitrogens is 1. The number of aryl methyl sites for hydroxylation is 1. The quantitative estimate of drug-likeness (QED) is 0.805. The fourth-order valence-corrected chi connectivity index (χ4v) is 5.25. The third kappa shape index (κ3) is 3.93. The van der Waals surface area contributed by atoms with Crippen LogP contribution in [0, 0.1) is 12.8 Å². The number of nitrogens with one attached hydrogen (secondary N) is 1. The van der Waals surface area contributed by atoms with Gasteiger partial charge in [0.2, 0.25) is 5.91 Å². The highest BCUT2D eigenvalue weighted by Crippen LogP contribution is 2.25. The average molecular weight is 353 g/mol. The summed E-state index contributed by atoms with van der Waals surface area (Å²) in [6, 6.07) is 3.34. The number of carbonyl (C=O) groups excluding carboxylic acids is 1. The summed E-state index contributed by atoms with van der Waals surface area (Å²) in [5.74, 6) is 0.241. The summed E-state index contributed by atoms with van der Waals surface area (Å²) in [5, 5.41) is 12.8. The zero-order valence-corrected chi connectivity index (χ0v) is 14.5. The maximum absolute atomic E-state index is 12.3. The van der Waals surface area contributed by atoms with Crippen LogP contribution in [-0.4, -0.2) is 66.1 Å². The number of aliphatic hydroxyl groups is 1. The molecular weight excluding hydrogens is 330 g/mol. The molecule has 8 heteroatoms. The number of sulfone groups is 1. The highest BCUT2D eigenvalue weighted by Gasteiger charge is 2.41. The third-order valence-corrected chi connectivity index (χ3v) is 6.52. The Morgan fingerprint density at radius 3 is 2.54 bits per heavy atom. The molecule has 3 rings (SSSR count). The monoisotopic (exact) mass is 353 g/mol. The molecule has 0 aromatic carbocycles. The summed E-state index contributed by atoms with van der Waals surface area (Å²) in [6.07, 6.45) is 2.19. The number of pyridine rings is 1. The largest absolute Gasteiger partial charge is 0.390 e. The van der Waals surface area contributed by atoms with Gasteiger partial charge in [0.05, 0.1) is 23.7 Å². The molecule has 2 N–H and O–H groups in total. The van der Waals surface area contributed by atoms with Crippen molar-refractivity contribution in [3.8, 4) is 0 Å². The van der Waals surface area contributed by atoms with Crippen LogP contribution in [0.15, 0.2) is 18.3 Å². The number of anilines is 1. The Balaban J connectivity index is 1.53. The van der Waals surface area contributed by atoms with Gasteiger partial charge in [-0.2, -0.15) is 0 Å². The second-order valence-electron chi connectivity index (χ2n) is 6.73. The number of likely N-dealkylation sites (tertiary alicyclic amines) is 1. The third-order valence-electron chi connectivity index (χ3n) is 4.83. The van der Waals surface area contributed by atoms with E-state index in [1.54, 1.807) is 12.3 Å². The van der Waals surface area contributed by atoms with Crippen LogP contribution in [0.25, 0.3) is 0 Å². The topological polar surface area (TPSA) is 99.6 Å². The average Bonchev–Trinajstić information content (AvgIpc) is 2.82. The Morgan fingerprint density at radius 2 is 2.00 bits per heavy atom. The van der Waals surface area contributed by atoms with Gasteiger partial charge in [-0.25, -0.2) is 13.4 Å². The van der Waals surface area contributed by atoms with E-state index in [0.717, 1.165) is 5.56 Å². The molecule has 132 valence electrons. The van der Waals surface area contributed by atoms with E-state index in [0.29, 0.717) is 31.7 Å². The van der Waals surface area contributed by atoms with Crippen molar-refractivity contribution in [3.63, 3.8) is 0 Å². The second kappa shape index (κ2) is 6.78. The van der Waals surface area contributed by atoms with Crippen LogP contribution in [0.5, 0.6) is 0 Å². The molecule has 0 spiro atoms. The predicted molar refractivity (Wildman–Crippen MR) is 90.3 cm³/mol. The predicted octanol–water partition coefficient (Wildman–Crippen LogP) is 0.198. The van der Waals surface area contributed by atoms with Crippen molar-refractivity contribution in [2.24, 2.45) is 5.92 Å². The van der Waals surface area contributed by atoms with Gasteiger partial charge in [0, 0.05) is 12.1 Å². The first kappa shape index (κ1) is 17.3. The van der Waals surface area contributed by atoms with E-state index in [1.165, 1.54) is 0 Å². The molecule has 0 saturated carbocycles. The number of rotatable bonds is 3. The van der Waals surface area contributed by atoms with Gasteiger partial charge in [-0.3, -0.25) is 9.69 Å². The van der Waals surface area contributed by atoms with Gasteiger partial charge >= 0.3 is 0 Å². The minimum absolute atomic E-state index is 0.0122. The van der Waals surface area contributed by atoms with Crippen LogP contribution in [-0.2, 0) is 14.6 Å².